The van der Waals surface area contributed by atoms with Crippen LogP contribution in [0.25, 0.3) is 0 Å². The molecule has 0 saturated carbocycles. The van der Waals surface area contributed by atoms with Gasteiger partial charge in [0.2, 0.25) is 0 Å². The third-order valence-corrected chi connectivity index (χ3v) is 4.47. The van der Waals surface area contributed by atoms with Crippen molar-refractivity contribution in [3.05, 3.63) is 63.0 Å². The molecule has 2 heterocycles. The van der Waals surface area contributed by atoms with E-state index in [1.165, 1.54) is 0 Å². The van der Waals surface area contributed by atoms with Crippen molar-refractivity contribution in [2.45, 2.75) is 20.4 Å². The maximum atomic E-state index is 12.5. The molecule has 8 heteroatoms. The second-order valence-electron chi connectivity index (χ2n) is 5.77. The number of rotatable bonds is 4. The summed E-state index contributed by atoms with van der Waals surface area (Å²) >= 11 is 12.1. The van der Waals surface area contributed by atoms with Gasteiger partial charge >= 0.3 is 0 Å². The van der Waals surface area contributed by atoms with Crippen molar-refractivity contribution in [1.29, 1.82) is 0 Å². The van der Waals surface area contributed by atoms with Gasteiger partial charge in [0.05, 0.1) is 17.8 Å². The monoisotopic (exact) mass is 377 g/mol. The second kappa shape index (κ2) is 6.90. The molecule has 0 fully saturated rings. The molecule has 1 N–H and O–H groups in total. The van der Waals surface area contributed by atoms with Crippen LogP contribution in [0.3, 0.4) is 0 Å². The fourth-order valence-corrected chi connectivity index (χ4v) is 2.94. The van der Waals surface area contributed by atoms with Gasteiger partial charge in [0.1, 0.15) is 5.02 Å². The lowest BCUT2D eigenvalue weighted by Crippen LogP contribution is -2.15. The van der Waals surface area contributed by atoms with E-state index < -0.39 is 0 Å². The van der Waals surface area contributed by atoms with Crippen molar-refractivity contribution < 1.29 is 4.79 Å². The number of aromatic nitrogens is 4. The van der Waals surface area contributed by atoms with Crippen LogP contribution in [-0.4, -0.2) is 25.5 Å². The van der Waals surface area contributed by atoms with Crippen molar-refractivity contribution in [1.82, 2.24) is 19.6 Å². The quantitative estimate of drug-likeness (QED) is 0.750. The smallest absolute Gasteiger partial charge is 0.260 e. The Hall–Kier alpha value is -2.31. The van der Waals surface area contributed by atoms with Crippen molar-refractivity contribution in [3.8, 4) is 0 Å². The van der Waals surface area contributed by atoms with E-state index in [0.717, 1.165) is 11.3 Å². The van der Waals surface area contributed by atoms with E-state index in [0.29, 0.717) is 33.7 Å². The van der Waals surface area contributed by atoms with E-state index >= 15 is 0 Å². The van der Waals surface area contributed by atoms with Crippen LogP contribution in [0.15, 0.2) is 30.5 Å². The highest BCUT2D eigenvalue weighted by molar-refractivity contribution is 6.33. The van der Waals surface area contributed by atoms with Gasteiger partial charge in [-0.1, -0.05) is 35.3 Å². The minimum atomic E-state index is -0.276. The first-order valence-electron chi connectivity index (χ1n) is 7.64. The normalized spacial score (nSPS) is 10.9. The molecule has 0 aliphatic heterocycles. The first-order chi connectivity index (χ1) is 11.8. The number of amides is 1. The van der Waals surface area contributed by atoms with Crippen molar-refractivity contribution >= 4 is 34.9 Å². The van der Waals surface area contributed by atoms with Crippen LogP contribution in [0.1, 0.15) is 27.3 Å². The Balaban J connectivity index is 1.78. The van der Waals surface area contributed by atoms with Gasteiger partial charge in [-0.05, 0) is 31.5 Å². The molecule has 1 amide bonds. The predicted octanol–water partition coefficient (Wildman–Crippen LogP) is 3.84. The molecule has 0 spiro atoms. The van der Waals surface area contributed by atoms with Crippen molar-refractivity contribution in [2.75, 3.05) is 5.32 Å². The molecule has 0 saturated heterocycles. The Labute approximate surface area is 155 Å². The second-order valence-corrected chi connectivity index (χ2v) is 6.62. The number of aryl methyl sites for hydroxylation is 2. The number of carbonyl (C=O) groups is 1. The minimum Gasteiger partial charge on any atom is -0.304 e. The molecule has 0 atom stereocenters. The highest BCUT2D eigenvalue weighted by atomic mass is 35.5. The zero-order valence-electron chi connectivity index (χ0n) is 14.0. The Bertz CT molecular complexity index is 927. The number of nitrogens with one attached hydrogen (secondary N) is 1. The zero-order chi connectivity index (χ0) is 18.1. The molecular formula is C17H17Cl2N5O. The van der Waals surface area contributed by atoms with E-state index in [2.05, 4.69) is 15.5 Å². The van der Waals surface area contributed by atoms with Gasteiger partial charge in [0.25, 0.3) is 5.91 Å². The Kier molecular flexibility index (Phi) is 4.83. The summed E-state index contributed by atoms with van der Waals surface area (Å²) in [6, 6.07) is 7.47. The number of anilines is 1. The predicted molar refractivity (Wildman–Crippen MR) is 98.4 cm³/mol. The fourth-order valence-electron chi connectivity index (χ4n) is 2.61. The molecule has 2 aromatic heterocycles. The van der Waals surface area contributed by atoms with Crippen LogP contribution in [-0.2, 0) is 13.6 Å². The lowest BCUT2D eigenvalue weighted by atomic mass is 10.2. The molecule has 25 heavy (non-hydrogen) atoms. The summed E-state index contributed by atoms with van der Waals surface area (Å²) in [5.41, 5.74) is 3.01. The molecule has 0 unspecified atom stereocenters. The molecule has 0 bridgehead atoms. The van der Waals surface area contributed by atoms with Crippen LogP contribution < -0.4 is 5.32 Å². The van der Waals surface area contributed by atoms with E-state index in [1.807, 2.05) is 31.2 Å². The molecule has 1 aromatic carbocycles. The lowest BCUT2D eigenvalue weighted by molar-refractivity contribution is 0.102. The molecule has 0 aliphatic rings. The highest BCUT2D eigenvalue weighted by Gasteiger charge is 2.19. The largest absolute Gasteiger partial charge is 0.304 e. The van der Waals surface area contributed by atoms with Crippen LogP contribution in [0.2, 0.25) is 10.0 Å². The molecule has 0 aliphatic carbocycles. The first kappa shape index (κ1) is 17.5. The maximum Gasteiger partial charge on any atom is 0.260 e. The molecule has 3 rings (SSSR count). The lowest BCUT2D eigenvalue weighted by Gasteiger charge is -2.04. The average molecular weight is 378 g/mol. The summed E-state index contributed by atoms with van der Waals surface area (Å²) in [5, 5.41) is 12.4. The van der Waals surface area contributed by atoms with Gasteiger partial charge in [-0.3, -0.25) is 14.2 Å². The Morgan fingerprint density at radius 2 is 1.84 bits per heavy atom. The van der Waals surface area contributed by atoms with Crippen LogP contribution in [0, 0.1) is 13.8 Å². The highest BCUT2D eigenvalue weighted by Crippen LogP contribution is 2.22. The number of hydrogen-bond donors (Lipinski definition) is 1. The fraction of sp³-hybridized carbons (Fsp3) is 0.235. The van der Waals surface area contributed by atoms with Gasteiger partial charge in [-0.2, -0.15) is 10.2 Å². The topological polar surface area (TPSA) is 64.7 Å². The SMILES string of the molecule is Cc1nn(C)c(C)c1C(=O)Nc1nn(Cc2ccc(Cl)cc2)cc1Cl. The van der Waals surface area contributed by atoms with E-state index in [-0.39, 0.29) is 5.91 Å². The summed E-state index contributed by atoms with van der Waals surface area (Å²) in [7, 11) is 1.80. The van der Waals surface area contributed by atoms with Gasteiger partial charge < -0.3 is 5.32 Å². The summed E-state index contributed by atoms with van der Waals surface area (Å²) in [4.78, 5) is 12.5. The van der Waals surface area contributed by atoms with Crippen LogP contribution in [0.5, 0.6) is 0 Å². The number of halogens is 2. The molecule has 0 radical (unpaired) electrons. The van der Waals surface area contributed by atoms with Gasteiger partial charge in [-0.15, -0.1) is 0 Å². The number of benzene rings is 1. The molecule has 6 nitrogen and oxygen atoms in total. The van der Waals surface area contributed by atoms with Crippen molar-refractivity contribution in [3.63, 3.8) is 0 Å². The Morgan fingerprint density at radius 1 is 1.16 bits per heavy atom. The summed E-state index contributed by atoms with van der Waals surface area (Å²) in [6.45, 7) is 4.16. The maximum absolute atomic E-state index is 12.5. The average Bonchev–Trinajstić information content (AvgIpc) is 3.01. The van der Waals surface area contributed by atoms with E-state index in [9.17, 15) is 4.79 Å². The summed E-state index contributed by atoms with van der Waals surface area (Å²) < 4.78 is 3.34. The van der Waals surface area contributed by atoms with Crippen molar-refractivity contribution in [2.24, 2.45) is 7.05 Å². The van der Waals surface area contributed by atoms with E-state index in [1.54, 1.807) is 29.5 Å². The Morgan fingerprint density at radius 3 is 2.44 bits per heavy atom. The van der Waals surface area contributed by atoms with Gasteiger partial charge in [0.15, 0.2) is 5.82 Å². The third-order valence-electron chi connectivity index (χ3n) is 3.94. The standard InChI is InChI=1S/C17H17Cl2N5O/c1-10-15(11(2)23(3)21-10)17(25)20-16-14(19)9-24(22-16)8-12-4-6-13(18)7-5-12/h4-7,9H,8H2,1-3H3,(H,20,22,25). The van der Waals surface area contributed by atoms with Crippen LogP contribution >= 0.6 is 23.2 Å². The summed E-state index contributed by atoms with van der Waals surface area (Å²) in [5.74, 6) is 0.0463. The van der Waals surface area contributed by atoms with Gasteiger partial charge in [-0.25, -0.2) is 0 Å². The first-order valence-corrected chi connectivity index (χ1v) is 8.39. The number of carbonyl (C=O) groups excluding carboxylic acids is 1. The summed E-state index contributed by atoms with van der Waals surface area (Å²) in [6.07, 6.45) is 1.68. The number of hydrogen-bond acceptors (Lipinski definition) is 3. The zero-order valence-corrected chi connectivity index (χ0v) is 15.6. The minimum absolute atomic E-state index is 0.276. The number of nitrogens with zero attached hydrogens (tertiary/aromatic N) is 4. The van der Waals surface area contributed by atoms with Gasteiger partial charge in [0, 0.05) is 24.0 Å². The molecule has 130 valence electrons. The molecular weight excluding hydrogens is 361 g/mol. The van der Waals surface area contributed by atoms with E-state index in [4.69, 9.17) is 23.2 Å². The molecule has 3 aromatic rings. The third kappa shape index (κ3) is 3.70. The van der Waals surface area contributed by atoms with Crippen LogP contribution in [0.4, 0.5) is 5.82 Å².